The van der Waals surface area contributed by atoms with Crippen molar-refractivity contribution in [3.05, 3.63) is 0 Å². The van der Waals surface area contributed by atoms with Gasteiger partial charge in [-0.3, -0.25) is 14.4 Å². The Hall–Kier alpha value is -1.59. The zero-order valence-electron chi connectivity index (χ0n) is 9.40. The van der Waals surface area contributed by atoms with Crippen LogP contribution in [0.4, 0.5) is 0 Å². The molecule has 2 unspecified atom stereocenters. The number of carbonyl (C=O) groups is 3. The van der Waals surface area contributed by atoms with Crippen LogP contribution in [0.3, 0.4) is 0 Å². The van der Waals surface area contributed by atoms with Crippen LogP contribution in [0.15, 0.2) is 0 Å². The molecule has 6 nitrogen and oxygen atoms in total. The first kappa shape index (κ1) is 12.5. The van der Waals surface area contributed by atoms with Crippen LogP contribution in [0.25, 0.3) is 0 Å². The maximum atomic E-state index is 11.6. The topological polar surface area (TPSA) is 86.7 Å². The van der Waals surface area contributed by atoms with Crippen LogP contribution in [0.5, 0.6) is 0 Å². The van der Waals surface area contributed by atoms with Crippen LogP contribution in [0.1, 0.15) is 20.3 Å². The number of hydrogen-bond donors (Lipinski definition) is 2. The van der Waals surface area contributed by atoms with Crippen LogP contribution >= 0.6 is 0 Å². The van der Waals surface area contributed by atoms with Gasteiger partial charge in [0.2, 0.25) is 11.8 Å². The monoisotopic (exact) mass is 228 g/mol. The van der Waals surface area contributed by atoms with Gasteiger partial charge in [-0.05, 0) is 6.42 Å². The molecule has 16 heavy (non-hydrogen) atoms. The molecule has 6 heteroatoms. The molecule has 1 fully saturated rings. The van der Waals surface area contributed by atoms with Crippen molar-refractivity contribution < 1.29 is 19.5 Å². The fourth-order valence-electron chi connectivity index (χ4n) is 1.97. The van der Waals surface area contributed by atoms with Crippen molar-refractivity contribution in [3.8, 4) is 0 Å². The number of carbonyl (C=O) groups excluding carboxylic acids is 2. The van der Waals surface area contributed by atoms with Crippen LogP contribution in [0, 0.1) is 5.92 Å². The first-order chi connectivity index (χ1) is 7.49. The maximum Gasteiger partial charge on any atom is 0.309 e. The van der Waals surface area contributed by atoms with Gasteiger partial charge in [-0.15, -0.1) is 0 Å². The standard InChI is InChI=1S/C10H16N2O4/c1-3-7(10(15)16)8-9(14)11-4-5-12(8)6(2)13/h7-8H,3-5H2,1-2H3,(H,11,14)(H,15,16). The summed E-state index contributed by atoms with van der Waals surface area (Å²) >= 11 is 0. The molecule has 1 heterocycles. The van der Waals surface area contributed by atoms with E-state index in [9.17, 15) is 14.4 Å². The second-order valence-electron chi connectivity index (χ2n) is 3.80. The Morgan fingerprint density at radius 3 is 2.69 bits per heavy atom. The van der Waals surface area contributed by atoms with Crippen molar-refractivity contribution in [2.45, 2.75) is 26.3 Å². The number of piperazine rings is 1. The van der Waals surface area contributed by atoms with Crippen molar-refractivity contribution in [2.75, 3.05) is 13.1 Å². The third-order valence-electron chi connectivity index (χ3n) is 2.80. The highest BCUT2D eigenvalue weighted by Crippen LogP contribution is 2.18. The van der Waals surface area contributed by atoms with Gasteiger partial charge in [-0.1, -0.05) is 6.92 Å². The summed E-state index contributed by atoms with van der Waals surface area (Å²) in [6, 6.07) is -0.881. The van der Waals surface area contributed by atoms with E-state index < -0.39 is 17.9 Å². The lowest BCUT2D eigenvalue weighted by molar-refractivity contribution is -0.153. The Balaban J connectivity index is 2.97. The zero-order valence-corrected chi connectivity index (χ0v) is 9.40. The van der Waals surface area contributed by atoms with E-state index >= 15 is 0 Å². The SMILES string of the molecule is CCC(C(=O)O)C1C(=O)NCCN1C(C)=O. The number of carboxylic acid groups (broad SMARTS) is 1. The minimum Gasteiger partial charge on any atom is -0.481 e. The Labute approximate surface area is 93.6 Å². The van der Waals surface area contributed by atoms with Gasteiger partial charge in [0, 0.05) is 20.0 Å². The first-order valence-corrected chi connectivity index (χ1v) is 5.26. The van der Waals surface area contributed by atoms with Crippen molar-refractivity contribution in [2.24, 2.45) is 5.92 Å². The van der Waals surface area contributed by atoms with E-state index in [2.05, 4.69) is 5.32 Å². The second-order valence-corrected chi connectivity index (χ2v) is 3.80. The maximum absolute atomic E-state index is 11.6. The molecule has 0 bridgehead atoms. The molecule has 0 aromatic heterocycles. The molecule has 0 radical (unpaired) electrons. The molecule has 90 valence electrons. The molecule has 1 aliphatic rings. The molecule has 0 aromatic carbocycles. The normalized spacial score (nSPS) is 22.5. The predicted octanol–water partition coefficient (Wildman–Crippen LogP) is -0.556. The number of carboxylic acids is 1. The van der Waals surface area contributed by atoms with Gasteiger partial charge in [0.05, 0.1) is 5.92 Å². The fraction of sp³-hybridized carbons (Fsp3) is 0.700. The minimum absolute atomic E-state index is 0.264. The summed E-state index contributed by atoms with van der Waals surface area (Å²) in [5.41, 5.74) is 0. The summed E-state index contributed by atoms with van der Waals surface area (Å²) in [6.45, 7) is 3.79. The smallest absolute Gasteiger partial charge is 0.309 e. The number of hydrogen-bond acceptors (Lipinski definition) is 3. The van der Waals surface area contributed by atoms with Gasteiger partial charge >= 0.3 is 5.97 Å². The Morgan fingerprint density at radius 1 is 1.62 bits per heavy atom. The van der Waals surface area contributed by atoms with Crippen molar-refractivity contribution in [3.63, 3.8) is 0 Å². The summed E-state index contributed by atoms with van der Waals surface area (Å²) in [5, 5.41) is 11.6. The third-order valence-corrected chi connectivity index (χ3v) is 2.80. The lowest BCUT2D eigenvalue weighted by Crippen LogP contribution is -2.60. The van der Waals surface area contributed by atoms with E-state index in [4.69, 9.17) is 5.11 Å². The molecule has 2 N–H and O–H groups in total. The van der Waals surface area contributed by atoms with Gasteiger partial charge in [0.1, 0.15) is 6.04 Å². The number of aliphatic carboxylic acids is 1. The van der Waals surface area contributed by atoms with E-state index in [-0.39, 0.29) is 11.8 Å². The van der Waals surface area contributed by atoms with E-state index in [1.54, 1.807) is 6.92 Å². The highest BCUT2D eigenvalue weighted by atomic mass is 16.4. The molecular weight excluding hydrogens is 212 g/mol. The lowest BCUT2D eigenvalue weighted by Gasteiger charge is -2.37. The van der Waals surface area contributed by atoms with Crippen molar-refractivity contribution in [1.29, 1.82) is 0 Å². The van der Waals surface area contributed by atoms with E-state index in [1.165, 1.54) is 11.8 Å². The molecule has 1 aliphatic heterocycles. The molecule has 2 amide bonds. The largest absolute Gasteiger partial charge is 0.481 e. The molecule has 1 saturated heterocycles. The number of nitrogens with one attached hydrogen (secondary N) is 1. The molecule has 0 aliphatic carbocycles. The van der Waals surface area contributed by atoms with Gasteiger partial charge in [-0.25, -0.2) is 0 Å². The van der Waals surface area contributed by atoms with Gasteiger partial charge < -0.3 is 15.3 Å². The molecule has 1 rings (SSSR count). The number of amides is 2. The van der Waals surface area contributed by atoms with Crippen LogP contribution in [-0.2, 0) is 14.4 Å². The number of rotatable bonds is 3. The lowest BCUT2D eigenvalue weighted by atomic mass is 9.93. The summed E-state index contributed by atoms with van der Waals surface area (Å²) in [7, 11) is 0. The predicted molar refractivity (Wildman–Crippen MR) is 55.6 cm³/mol. The third kappa shape index (κ3) is 2.32. The van der Waals surface area contributed by atoms with E-state index in [0.717, 1.165) is 0 Å². The fourth-order valence-corrected chi connectivity index (χ4v) is 1.97. The van der Waals surface area contributed by atoms with Gasteiger partial charge in [-0.2, -0.15) is 0 Å². The molecule has 0 aromatic rings. The summed E-state index contributed by atoms with van der Waals surface area (Å²) in [6.07, 6.45) is 0.317. The first-order valence-electron chi connectivity index (χ1n) is 5.26. The molecule has 2 atom stereocenters. The quantitative estimate of drug-likeness (QED) is 0.678. The highest BCUT2D eigenvalue weighted by molar-refractivity contribution is 5.92. The average molecular weight is 228 g/mol. The zero-order chi connectivity index (χ0) is 12.3. The molecular formula is C10H16N2O4. The van der Waals surface area contributed by atoms with Gasteiger partial charge in [0.15, 0.2) is 0 Å². The molecule has 0 spiro atoms. The highest BCUT2D eigenvalue weighted by Gasteiger charge is 2.40. The Bertz CT molecular complexity index is 300. The van der Waals surface area contributed by atoms with Crippen molar-refractivity contribution >= 4 is 17.8 Å². The van der Waals surface area contributed by atoms with Gasteiger partial charge in [0.25, 0.3) is 0 Å². The minimum atomic E-state index is -1.05. The number of nitrogens with zero attached hydrogens (tertiary/aromatic N) is 1. The summed E-state index contributed by atoms with van der Waals surface area (Å²) in [5.74, 6) is -2.53. The molecule has 0 saturated carbocycles. The van der Waals surface area contributed by atoms with Crippen LogP contribution in [-0.4, -0.2) is 46.9 Å². The average Bonchev–Trinajstić information content (AvgIpc) is 2.20. The summed E-state index contributed by atoms with van der Waals surface area (Å²) in [4.78, 5) is 35.4. The van der Waals surface area contributed by atoms with E-state index in [1.807, 2.05) is 0 Å². The van der Waals surface area contributed by atoms with E-state index in [0.29, 0.717) is 19.5 Å². The van der Waals surface area contributed by atoms with Crippen molar-refractivity contribution in [1.82, 2.24) is 10.2 Å². The summed E-state index contributed by atoms with van der Waals surface area (Å²) < 4.78 is 0. The van der Waals surface area contributed by atoms with Crippen LogP contribution < -0.4 is 5.32 Å². The Morgan fingerprint density at radius 2 is 2.25 bits per heavy atom. The Kier molecular flexibility index (Phi) is 3.87. The second kappa shape index (κ2) is 4.96. The van der Waals surface area contributed by atoms with Crippen LogP contribution in [0.2, 0.25) is 0 Å².